The monoisotopic (exact) mass is 271 g/mol. The van der Waals surface area contributed by atoms with E-state index in [0.29, 0.717) is 52.1 Å². The number of aliphatic hydroxyl groups is 1. The second-order valence-corrected chi connectivity index (χ2v) is 5.16. The third kappa shape index (κ3) is 3.81. The van der Waals surface area contributed by atoms with E-state index in [-0.39, 0.29) is 18.7 Å². The van der Waals surface area contributed by atoms with Gasteiger partial charge in [-0.05, 0) is 12.8 Å². The van der Waals surface area contributed by atoms with E-state index in [2.05, 4.69) is 0 Å². The predicted molar refractivity (Wildman–Crippen MR) is 67.9 cm³/mol. The van der Waals surface area contributed by atoms with Gasteiger partial charge in [0.25, 0.3) is 0 Å². The summed E-state index contributed by atoms with van der Waals surface area (Å²) in [6.45, 7) is 3.61. The van der Waals surface area contributed by atoms with Crippen LogP contribution >= 0.6 is 0 Å². The first-order valence-electron chi connectivity index (χ1n) is 6.72. The van der Waals surface area contributed by atoms with Gasteiger partial charge in [-0.1, -0.05) is 0 Å². The van der Waals surface area contributed by atoms with Crippen molar-refractivity contribution >= 4 is 12.0 Å². The molecule has 2 fully saturated rings. The molecule has 7 nitrogen and oxygen atoms in total. The molecule has 7 heteroatoms. The van der Waals surface area contributed by atoms with E-state index in [1.807, 2.05) is 4.90 Å². The predicted octanol–water partition coefficient (Wildman–Crippen LogP) is -0.735. The van der Waals surface area contributed by atoms with Gasteiger partial charge >= 0.3 is 12.0 Å². The molecule has 2 aliphatic heterocycles. The fraction of sp³-hybridized carbons (Fsp3) is 0.833. The maximum Gasteiger partial charge on any atom is 0.320 e. The molecule has 0 aromatic rings. The maximum atomic E-state index is 12.2. The van der Waals surface area contributed by atoms with Crippen molar-refractivity contribution in [2.24, 2.45) is 0 Å². The Morgan fingerprint density at radius 2 is 1.47 bits per heavy atom. The van der Waals surface area contributed by atoms with Crippen molar-refractivity contribution in [1.29, 1.82) is 0 Å². The number of urea groups is 1. The summed E-state index contributed by atoms with van der Waals surface area (Å²) in [5, 5.41) is 18.1. The molecular formula is C12H21N3O4. The Labute approximate surface area is 112 Å². The number of aliphatic carboxylic acids is 1. The highest BCUT2D eigenvalue weighted by molar-refractivity contribution is 5.74. The van der Waals surface area contributed by atoms with Crippen molar-refractivity contribution in [3.05, 3.63) is 0 Å². The average Bonchev–Trinajstić information content (AvgIpc) is 2.39. The lowest BCUT2D eigenvalue weighted by atomic mass is 10.1. The fourth-order valence-electron chi connectivity index (χ4n) is 2.55. The minimum atomic E-state index is -0.829. The summed E-state index contributed by atoms with van der Waals surface area (Å²) in [6.07, 6.45) is 1.01. The van der Waals surface area contributed by atoms with Crippen molar-refractivity contribution in [2.45, 2.75) is 18.9 Å². The van der Waals surface area contributed by atoms with Crippen molar-refractivity contribution in [2.75, 3.05) is 45.8 Å². The lowest BCUT2D eigenvalue weighted by molar-refractivity contribution is -0.138. The molecule has 0 saturated carbocycles. The van der Waals surface area contributed by atoms with Gasteiger partial charge in [0.2, 0.25) is 0 Å². The Hall–Kier alpha value is -1.34. The Balaban J connectivity index is 1.77. The van der Waals surface area contributed by atoms with Gasteiger partial charge in [0, 0.05) is 39.3 Å². The molecule has 2 saturated heterocycles. The van der Waals surface area contributed by atoms with Gasteiger partial charge in [0.1, 0.15) is 0 Å². The van der Waals surface area contributed by atoms with Crippen molar-refractivity contribution < 1.29 is 19.8 Å². The number of carboxylic acids is 1. The third-order valence-corrected chi connectivity index (χ3v) is 3.74. The molecular weight excluding hydrogens is 250 g/mol. The number of hydrogen-bond donors (Lipinski definition) is 2. The SMILES string of the molecule is O=C(O)CN1CCN(C(=O)N2CCC(O)CC2)CC1. The highest BCUT2D eigenvalue weighted by atomic mass is 16.4. The van der Waals surface area contributed by atoms with Gasteiger partial charge in [0.15, 0.2) is 0 Å². The average molecular weight is 271 g/mol. The lowest BCUT2D eigenvalue weighted by Crippen LogP contribution is -2.54. The van der Waals surface area contributed by atoms with E-state index in [4.69, 9.17) is 5.11 Å². The number of nitrogens with zero attached hydrogens (tertiary/aromatic N) is 3. The molecule has 0 aromatic heterocycles. The number of piperazine rings is 1. The number of rotatable bonds is 2. The van der Waals surface area contributed by atoms with Crippen LogP contribution in [0, 0.1) is 0 Å². The summed E-state index contributed by atoms with van der Waals surface area (Å²) in [5.41, 5.74) is 0. The first-order chi connectivity index (χ1) is 9.06. The molecule has 2 amide bonds. The van der Waals surface area contributed by atoms with Gasteiger partial charge in [-0.3, -0.25) is 9.69 Å². The van der Waals surface area contributed by atoms with Gasteiger partial charge in [-0.25, -0.2) is 4.79 Å². The molecule has 108 valence electrons. The van der Waals surface area contributed by atoms with Crippen LogP contribution in [-0.2, 0) is 4.79 Å². The van der Waals surface area contributed by atoms with Crippen molar-refractivity contribution in [3.63, 3.8) is 0 Å². The number of likely N-dealkylation sites (tertiary alicyclic amines) is 1. The van der Waals surface area contributed by atoms with E-state index < -0.39 is 5.97 Å². The second kappa shape index (κ2) is 6.21. The highest BCUT2D eigenvalue weighted by Crippen LogP contribution is 2.13. The van der Waals surface area contributed by atoms with E-state index in [9.17, 15) is 14.7 Å². The van der Waals surface area contributed by atoms with Gasteiger partial charge in [0.05, 0.1) is 12.6 Å². The quantitative estimate of drug-likeness (QED) is 0.691. The van der Waals surface area contributed by atoms with E-state index in [1.165, 1.54) is 0 Å². The van der Waals surface area contributed by atoms with Gasteiger partial charge < -0.3 is 20.0 Å². The second-order valence-electron chi connectivity index (χ2n) is 5.16. The number of carbonyl (C=O) groups excluding carboxylic acids is 1. The van der Waals surface area contributed by atoms with E-state index in [1.54, 1.807) is 9.80 Å². The zero-order valence-electron chi connectivity index (χ0n) is 11.0. The van der Waals surface area contributed by atoms with Crippen LogP contribution in [0.5, 0.6) is 0 Å². The van der Waals surface area contributed by atoms with E-state index in [0.717, 1.165) is 0 Å². The first-order valence-corrected chi connectivity index (χ1v) is 6.72. The molecule has 0 unspecified atom stereocenters. The molecule has 2 heterocycles. The topological polar surface area (TPSA) is 84.3 Å². The Morgan fingerprint density at radius 1 is 0.947 bits per heavy atom. The number of piperidine rings is 1. The fourth-order valence-corrected chi connectivity index (χ4v) is 2.55. The van der Waals surface area contributed by atoms with Crippen molar-refractivity contribution in [3.8, 4) is 0 Å². The Morgan fingerprint density at radius 3 is 2.00 bits per heavy atom. The van der Waals surface area contributed by atoms with Crippen LogP contribution in [-0.4, -0.2) is 88.8 Å². The van der Waals surface area contributed by atoms with Crippen LogP contribution in [0.4, 0.5) is 4.79 Å². The first kappa shape index (κ1) is 14.1. The number of aliphatic hydroxyl groups excluding tert-OH is 1. The summed E-state index contributed by atoms with van der Waals surface area (Å²) in [5.74, 6) is -0.829. The molecule has 2 N–H and O–H groups in total. The van der Waals surface area contributed by atoms with Crippen LogP contribution in [0.25, 0.3) is 0 Å². The number of hydrogen-bond acceptors (Lipinski definition) is 4. The molecule has 2 rings (SSSR count). The van der Waals surface area contributed by atoms with Crippen LogP contribution in [0.15, 0.2) is 0 Å². The number of carboxylic acid groups (broad SMARTS) is 1. The minimum Gasteiger partial charge on any atom is -0.480 e. The molecule has 0 atom stereocenters. The molecule has 0 bridgehead atoms. The standard InChI is InChI=1S/C12H21N3O4/c16-10-1-3-14(4-2-10)12(19)15-7-5-13(6-8-15)9-11(17)18/h10,16H,1-9H2,(H,17,18). The minimum absolute atomic E-state index is 0.0156. The van der Waals surface area contributed by atoms with E-state index >= 15 is 0 Å². The van der Waals surface area contributed by atoms with Crippen molar-refractivity contribution in [1.82, 2.24) is 14.7 Å². The molecule has 0 spiro atoms. The summed E-state index contributed by atoms with van der Waals surface area (Å²) in [6, 6.07) is 0.0156. The van der Waals surface area contributed by atoms with Crippen LogP contribution in [0.2, 0.25) is 0 Å². The summed E-state index contributed by atoms with van der Waals surface area (Å²) in [4.78, 5) is 28.2. The van der Waals surface area contributed by atoms with Crippen LogP contribution < -0.4 is 0 Å². The lowest BCUT2D eigenvalue weighted by Gasteiger charge is -2.38. The van der Waals surface area contributed by atoms with Crippen LogP contribution in [0.1, 0.15) is 12.8 Å². The highest BCUT2D eigenvalue weighted by Gasteiger charge is 2.28. The molecule has 0 radical (unpaired) electrons. The smallest absolute Gasteiger partial charge is 0.320 e. The zero-order chi connectivity index (χ0) is 13.8. The number of carbonyl (C=O) groups is 2. The maximum absolute atomic E-state index is 12.2. The Kier molecular flexibility index (Phi) is 4.60. The zero-order valence-corrected chi connectivity index (χ0v) is 11.0. The third-order valence-electron chi connectivity index (χ3n) is 3.74. The summed E-state index contributed by atoms with van der Waals surface area (Å²) in [7, 11) is 0. The molecule has 2 aliphatic rings. The van der Waals surface area contributed by atoms with Gasteiger partial charge in [-0.2, -0.15) is 0 Å². The molecule has 0 aromatic carbocycles. The summed E-state index contributed by atoms with van der Waals surface area (Å²) >= 11 is 0. The normalized spacial score (nSPS) is 22.6. The largest absolute Gasteiger partial charge is 0.480 e. The molecule has 0 aliphatic carbocycles. The number of amides is 2. The molecule has 19 heavy (non-hydrogen) atoms. The Bertz CT molecular complexity index is 334. The van der Waals surface area contributed by atoms with Gasteiger partial charge in [-0.15, -0.1) is 0 Å². The van der Waals surface area contributed by atoms with Crippen LogP contribution in [0.3, 0.4) is 0 Å². The summed E-state index contributed by atoms with van der Waals surface area (Å²) < 4.78 is 0.